The zero-order valence-corrected chi connectivity index (χ0v) is 7.05. The Bertz CT molecular complexity index is 156. The molecule has 1 rings (SSSR count). The van der Waals surface area contributed by atoms with Gasteiger partial charge in [-0.25, -0.2) is 0 Å². The Morgan fingerprint density at radius 2 is 2.55 bits per heavy atom. The third-order valence-corrected chi connectivity index (χ3v) is 1.58. The van der Waals surface area contributed by atoms with Gasteiger partial charge in [-0.1, -0.05) is 13.3 Å². The lowest BCUT2D eigenvalue weighted by molar-refractivity contribution is 0.203. The van der Waals surface area contributed by atoms with Gasteiger partial charge in [0.2, 0.25) is 0 Å². The Hall–Kier alpha value is -0.850. The van der Waals surface area contributed by atoms with Gasteiger partial charge in [0, 0.05) is 0 Å². The van der Waals surface area contributed by atoms with Crippen molar-refractivity contribution in [3.8, 4) is 0 Å². The standard InChI is InChI=1S/C10H15O/c1-2-9-11-10-7-5-3-4-6-8-10/h3-5,7H,2,6,8-9H2,1H3/q-1. The van der Waals surface area contributed by atoms with Crippen LogP contribution in [0.3, 0.4) is 0 Å². The summed E-state index contributed by atoms with van der Waals surface area (Å²) in [7, 11) is 0. The van der Waals surface area contributed by atoms with Gasteiger partial charge in [-0.05, 0) is 18.6 Å². The molecule has 0 spiro atoms. The highest BCUT2D eigenvalue weighted by Gasteiger charge is 1.90. The maximum Gasteiger partial charge on any atom is 0.0707 e. The van der Waals surface area contributed by atoms with Crippen molar-refractivity contribution in [1.82, 2.24) is 0 Å². The van der Waals surface area contributed by atoms with Gasteiger partial charge in [-0.15, -0.1) is 6.08 Å². The average Bonchev–Trinajstić information content (AvgIpc) is 2.28. The first-order chi connectivity index (χ1) is 5.43. The van der Waals surface area contributed by atoms with E-state index >= 15 is 0 Å². The first kappa shape index (κ1) is 8.25. The molecule has 0 N–H and O–H groups in total. The van der Waals surface area contributed by atoms with Gasteiger partial charge in [0.15, 0.2) is 0 Å². The van der Waals surface area contributed by atoms with Crippen molar-refractivity contribution in [2.24, 2.45) is 0 Å². The summed E-state index contributed by atoms with van der Waals surface area (Å²) in [5, 5.41) is 0. The molecular formula is C10H15O-. The van der Waals surface area contributed by atoms with Crippen LogP contribution in [0.1, 0.15) is 26.2 Å². The van der Waals surface area contributed by atoms with E-state index in [2.05, 4.69) is 25.2 Å². The minimum absolute atomic E-state index is 0.847. The monoisotopic (exact) mass is 151 g/mol. The van der Waals surface area contributed by atoms with Crippen molar-refractivity contribution in [3.05, 3.63) is 30.4 Å². The van der Waals surface area contributed by atoms with Gasteiger partial charge in [-0.3, -0.25) is 0 Å². The first-order valence-electron chi connectivity index (χ1n) is 4.25. The molecule has 0 aromatic heterocycles. The summed E-state index contributed by atoms with van der Waals surface area (Å²) in [6, 6.07) is 0. The number of hydrogen-bond donors (Lipinski definition) is 0. The molecule has 0 radical (unpaired) electrons. The number of hydrogen-bond acceptors (Lipinski definition) is 1. The molecule has 0 fully saturated rings. The van der Waals surface area contributed by atoms with E-state index in [9.17, 15) is 0 Å². The maximum absolute atomic E-state index is 5.50. The highest BCUT2D eigenvalue weighted by Crippen LogP contribution is 2.12. The van der Waals surface area contributed by atoms with Gasteiger partial charge in [0.1, 0.15) is 0 Å². The molecule has 11 heavy (non-hydrogen) atoms. The third-order valence-electron chi connectivity index (χ3n) is 1.58. The summed E-state index contributed by atoms with van der Waals surface area (Å²) in [6.07, 6.45) is 11.6. The van der Waals surface area contributed by atoms with Gasteiger partial charge in [-0.2, -0.15) is 18.6 Å². The van der Waals surface area contributed by atoms with Crippen molar-refractivity contribution in [3.63, 3.8) is 0 Å². The number of ether oxygens (including phenoxy) is 1. The molecule has 0 unspecified atom stereocenters. The second-order valence-corrected chi connectivity index (χ2v) is 2.64. The van der Waals surface area contributed by atoms with E-state index in [0.29, 0.717) is 0 Å². The predicted octanol–water partition coefficient (Wildman–Crippen LogP) is 2.85. The second-order valence-electron chi connectivity index (χ2n) is 2.64. The zero-order chi connectivity index (χ0) is 7.94. The van der Waals surface area contributed by atoms with Gasteiger partial charge >= 0.3 is 0 Å². The van der Waals surface area contributed by atoms with Crippen LogP contribution < -0.4 is 0 Å². The van der Waals surface area contributed by atoms with Crippen molar-refractivity contribution < 1.29 is 4.74 Å². The van der Waals surface area contributed by atoms with Crippen LogP contribution in [0.2, 0.25) is 0 Å². The lowest BCUT2D eigenvalue weighted by atomic mass is 10.3. The maximum atomic E-state index is 5.50. The molecule has 0 atom stereocenters. The summed E-state index contributed by atoms with van der Waals surface area (Å²) in [6.45, 7) is 2.97. The molecule has 1 nitrogen and oxygen atoms in total. The van der Waals surface area contributed by atoms with Gasteiger partial charge < -0.3 is 4.74 Å². The molecular weight excluding hydrogens is 136 g/mol. The SMILES string of the molecule is CCCOC1=C[CH-]C=CCC1. The van der Waals surface area contributed by atoms with E-state index in [-0.39, 0.29) is 0 Å². The van der Waals surface area contributed by atoms with Crippen LogP contribution in [0.25, 0.3) is 0 Å². The molecule has 0 saturated carbocycles. The Kier molecular flexibility index (Phi) is 3.67. The van der Waals surface area contributed by atoms with Crippen LogP contribution in [-0.4, -0.2) is 6.61 Å². The number of allylic oxidation sites excluding steroid dienone is 4. The van der Waals surface area contributed by atoms with Crippen molar-refractivity contribution in [2.45, 2.75) is 26.2 Å². The van der Waals surface area contributed by atoms with Crippen LogP contribution >= 0.6 is 0 Å². The van der Waals surface area contributed by atoms with Crippen LogP contribution in [0, 0.1) is 6.42 Å². The van der Waals surface area contributed by atoms with Crippen LogP contribution in [0.4, 0.5) is 0 Å². The molecule has 1 heteroatoms. The van der Waals surface area contributed by atoms with Gasteiger partial charge in [0.05, 0.1) is 6.61 Å². The summed E-state index contributed by atoms with van der Waals surface area (Å²) in [4.78, 5) is 0. The Balaban J connectivity index is 2.27. The fourth-order valence-electron chi connectivity index (χ4n) is 1.00. The Morgan fingerprint density at radius 1 is 1.64 bits per heavy atom. The number of rotatable bonds is 3. The third kappa shape index (κ3) is 3.17. The smallest absolute Gasteiger partial charge is 0.0707 e. The van der Waals surface area contributed by atoms with E-state index in [1.165, 1.54) is 0 Å². The van der Waals surface area contributed by atoms with Crippen LogP contribution in [0.5, 0.6) is 0 Å². The fourth-order valence-corrected chi connectivity index (χ4v) is 1.00. The van der Waals surface area contributed by atoms with E-state index in [0.717, 1.165) is 31.6 Å². The summed E-state index contributed by atoms with van der Waals surface area (Å²) < 4.78 is 5.50. The lowest BCUT2D eigenvalue weighted by Crippen LogP contribution is -1.92. The van der Waals surface area contributed by atoms with Gasteiger partial charge in [0.25, 0.3) is 0 Å². The summed E-state index contributed by atoms with van der Waals surface area (Å²) in [5.41, 5.74) is 0. The second kappa shape index (κ2) is 4.89. The highest BCUT2D eigenvalue weighted by atomic mass is 16.5. The molecule has 0 amide bonds. The minimum atomic E-state index is 0.847. The molecule has 0 aromatic carbocycles. The molecule has 0 saturated heterocycles. The van der Waals surface area contributed by atoms with E-state index < -0.39 is 0 Å². The van der Waals surface area contributed by atoms with E-state index in [4.69, 9.17) is 4.74 Å². The molecule has 1 aliphatic rings. The Labute approximate surface area is 68.8 Å². The topological polar surface area (TPSA) is 9.23 Å². The van der Waals surface area contributed by atoms with Crippen molar-refractivity contribution in [2.75, 3.05) is 6.61 Å². The first-order valence-corrected chi connectivity index (χ1v) is 4.25. The molecule has 0 aromatic rings. The van der Waals surface area contributed by atoms with E-state index in [1.807, 2.05) is 6.42 Å². The molecule has 0 aliphatic heterocycles. The van der Waals surface area contributed by atoms with Crippen molar-refractivity contribution in [1.29, 1.82) is 0 Å². The lowest BCUT2D eigenvalue weighted by Gasteiger charge is -2.12. The zero-order valence-electron chi connectivity index (χ0n) is 7.05. The van der Waals surface area contributed by atoms with Crippen molar-refractivity contribution >= 4 is 0 Å². The van der Waals surface area contributed by atoms with Crippen LogP contribution in [-0.2, 0) is 4.74 Å². The molecule has 1 aliphatic carbocycles. The highest BCUT2D eigenvalue weighted by molar-refractivity contribution is 5.15. The molecule has 0 heterocycles. The Morgan fingerprint density at radius 3 is 3.36 bits per heavy atom. The molecule has 62 valence electrons. The predicted molar refractivity (Wildman–Crippen MR) is 47.0 cm³/mol. The average molecular weight is 151 g/mol. The normalized spacial score (nSPS) is 16.6. The minimum Gasteiger partial charge on any atom is -0.554 e. The van der Waals surface area contributed by atoms with Crippen LogP contribution in [0.15, 0.2) is 24.0 Å². The summed E-state index contributed by atoms with van der Waals surface area (Å²) in [5.74, 6) is 1.12. The van der Waals surface area contributed by atoms with E-state index in [1.54, 1.807) is 0 Å². The largest absolute Gasteiger partial charge is 0.554 e. The fraction of sp³-hybridized carbons (Fsp3) is 0.500. The summed E-state index contributed by atoms with van der Waals surface area (Å²) >= 11 is 0. The quantitative estimate of drug-likeness (QED) is 0.563. The molecule has 0 bridgehead atoms.